The number of carboxylic acids is 1. The van der Waals surface area contributed by atoms with Crippen molar-refractivity contribution in [2.45, 2.75) is 6.92 Å². The molecule has 8 nitrogen and oxygen atoms in total. The highest BCUT2D eigenvalue weighted by Crippen LogP contribution is 2.16. The molecule has 0 radical (unpaired) electrons. The number of carboxylic acid groups (broad SMARTS) is 1. The SMILES string of the molecule is Cc1nc(NCC(=O)O)c2nnn(C)c2n1. The average molecular weight is 222 g/mol. The van der Waals surface area contributed by atoms with Gasteiger partial charge in [-0.25, -0.2) is 14.6 Å². The minimum atomic E-state index is -0.965. The second-order valence-electron chi connectivity index (χ2n) is 3.25. The van der Waals surface area contributed by atoms with Gasteiger partial charge in [-0.3, -0.25) is 4.79 Å². The molecule has 0 aromatic carbocycles. The van der Waals surface area contributed by atoms with Gasteiger partial charge in [0.25, 0.3) is 0 Å². The second-order valence-corrected chi connectivity index (χ2v) is 3.25. The first kappa shape index (κ1) is 10.3. The number of hydrogen-bond acceptors (Lipinski definition) is 6. The Labute approximate surface area is 90.3 Å². The number of aryl methyl sites for hydroxylation is 2. The van der Waals surface area contributed by atoms with Crippen LogP contribution in [0.15, 0.2) is 0 Å². The molecule has 0 aliphatic heterocycles. The molecule has 0 amide bonds. The van der Waals surface area contributed by atoms with Gasteiger partial charge < -0.3 is 10.4 Å². The number of aliphatic carboxylic acids is 1. The van der Waals surface area contributed by atoms with Gasteiger partial charge in [-0.05, 0) is 6.92 Å². The van der Waals surface area contributed by atoms with Crippen LogP contribution in [0.25, 0.3) is 11.2 Å². The topological polar surface area (TPSA) is 106 Å². The zero-order valence-corrected chi connectivity index (χ0v) is 8.80. The van der Waals surface area contributed by atoms with E-state index >= 15 is 0 Å². The van der Waals surface area contributed by atoms with E-state index in [4.69, 9.17) is 5.11 Å². The van der Waals surface area contributed by atoms with Crippen molar-refractivity contribution in [3.05, 3.63) is 5.82 Å². The highest BCUT2D eigenvalue weighted by molar-refractivity contribution is 5.84. The Balaban J connectivity index is 2.46. The van der Waals surface area contributed by atoms with E-state index in [2.05, 4.69) is 25.6 Å². The summed E-state index contributed by atoms with van der Waals surface area (Å²) in [7, 11) is 1.71. The zero-order chi connectivity index (χ0) is 11.7. The molecule has 2 aromatic rings. The van der Waals surface area contributed by atoms with Crippen LogP contribution in [0, 0.1) is 6.92 Å². The van der Waals surface area contributed by atoms with E-state index in [9.17, 15) is 4.79 Å². The third-order valence-corrected chi connectivity index (χ3v) is 1.97. The van der Waals surface area contributed by atoms with E-state index in [0.29, 0.717) is 22.8 Å². The van der Waals surface area contributed by atoms with Gasteiger partial charge in [-0.1, -0.05) is 5.21 Å². The van der Waals surface area contributed by atoms with Crippen LogP contribution in [0.5, 0.6) is 0 Å². The van der Waals surface area contributed by atoms with Crippen LogP contribution < -0.4 is 5.32 Å². The summed E-state index contributed by atoms with van der Waals surface area (Å²) < 4.78 is 1.51. The Morgan fingerprint density at radius 3 is 2.94 bits per heavy atom. The van der Waals surface area contributed by atoms with Gasteiger partial charge in [0.2, 0.25) is 0 Å². The average Bonchev–Trinajstić information content (AvgIpc) is 2.57. The van der Waals surface area contributed by atoms with Crippen molar-refractivity contribution >= 4 is 23.0 Å². The Bertz CT molecular complexity index is 549. The number of rotatable bonds is 3. The largest absolute Gasteiger partial charge is 0.480 e. The molecule has 8 heteroatoms. The van der Waals surface area contributed by atoms with Gasteiger partial charge >= 0.3 is 5.97 Å². The van der Waals surface area contributed by atoms with Crippen molar-refractivity contribution in [1.82, 2.24) is 25.0 Å². The third-order valence-electron chi connectivity index (χ3n) is 1.97. The fraction of sp³-hybridized carbons (Fsp3) is 0.375. The predicted molar refractivity (Wildman–Crippen MR) is 55.0 cm³/mol. The van der Waals surface area contributed by atoms with Crippen LogP contribution >= 0.6 is 0 Å². The molecule has 0 saturated heterocycles. The van der Waals surface area contributed by atoms with Gasteiger partial charge in [-0.2, -0.15) is 0 Å². The lowest BCUT2D eigenvalue weighted by molar-refractivity contribution is -0.134. The van der Waals surface area contributed by atoms with Crippen molar-refractivity contribution in [3.8, 4) is 0 Å². The predicted octanol–water partition coefficient (Wildman–Crippen LogP) is -0.437. The minimum absolute atomic E-state index is 0.220. The molecule has 0 unspecified atom stereocenters. The van der Waals surface area contributed by atoms with Crippen LogP contribution in [-0.2, 0) is 11.8 Å². The maximum atomic E-state index is 10.5. The molecule has 0 saturated carbocycles. The maximum Gasteiger partial charge on any atom is 0.322 e. The number of nitrogens with zero attached hydrogens (tertiary/aromatic N) is 5. The molecule has 2 rings (SSSR count). The number of hydrogen-bond donors (Lipinski definition) is 2. The minimum Gasteiger partial charge on any atom is -0.480 e. The van der Waals surface area contributed by atoms with Crippen LogP contribution in [-0.4, -0.2) is 42.6 Å². The van der Waals surface area contributed by atoms with Crippen LogP contribution in [0.2, 0.25) is 0 Å². The summed E-state index contributed by atoms with van der Waals surface area (Å²) in [6.07, 6.45) is 0. The lowest BCUT2D eigenvalue weighted by Gasteiger charge is -2.03. The van der Waals surface area contributed by atoms with Gasteiger partial charge in [0.15, 0.2) is 17.0 Å². The first-order chi connectivity index (χ1) is 7.58. The number of aromatic nitrogens is 5. The summed E-state index contributed by atoms with van der Waals surface area (Å²) in [4.78, 5) is 18.7. The molecule has 2 heterocycles. The lowest BCUT2D eigenvalue weighted by Crippen LogP contribution is -2.14. The molecule has 0 atom stereocenters. The second kappa shape index (κ2) is 3.72. The lowest BCUT2D eigenvalue weighted by atomic mass is 10.4. The van der Waals surface area contributed by atoms with E-state index in [0.717, 1.165) is 0 Å². The van der Waals surface area contributed by atoms with E-state index in [-0.39, 0.29) is 6.54 Å². The van der Waals surface area contributed by atoms with Crippen LogP contribution in [0.3, 0.4) is 0 Å². The van der Waals surface area contributed by atoms with Crippen LogP contribution in [0.1, 0.15) is 5.82 Å². The van der Waals surface area contributed by atoms with Gasteiger partial charge in [-0.15, -0.1) is 5.10 Å². The van der Waals surface area contributed by atoms with Gasteiger partial charge in [0.05, 0.1) is 0 Å². The van der Waals surface area contributed by atoms with Crippen molar-refractivity contribution < 1.29 is 9.90 Å². The van der Waals surface area contributed by atoms with Crippen molar-refractivity contribution in [2.24, 2.45) is 7.05 Å². The molecule has 0 aliphatic carbocycles. The molecule has 16 heavy (non-hydrogen) atoms. The Morgan fingerprint density at radius 2 is 2.25 bits per heavy atom. The summed E-state index contributed by atoms with van der Waals surface area (Å²) in [6.45, 7) is 1.50. The Hall–Kier alpha value is -2.25. The standard InChI is InChI=1S/C8H10N6O2/c1-4-10-7(9-3-5(15)16)6-8(11-4)14(2)13-12-6/h3H2,1-2H3,(H,15,16)(H,9,10,11). The van der Waals surface area contributed by atoms with Crippen molar-refractivity contribution in [2.75, 3.05) is 11.9 Å². The molecule has 84 valence electrons. The number of anilines is 1. The highest BCUT2D eigenvalue weighted by Gasteiger charge is 2.11. The summed E-state index contributed by atoms with van der Waals surface area (Å²) in [5.41, 5.74) is 1.04. The van der Waals surface area contributed by atoms with E-state index in [1.54, 1.807) is 14.0 Å². The fourth-order valence-corrected chi connectivity index (χ4v) is 1.31. The monoisotopic (exact) mass is 222 g/mol. The number of nitrogens with one attached hydrogen (secondary N) is 1. The molecule has 0 fully saturated rings. The van der Waals surface area contributed by atoms with E-state index in [1.165, 1.54) is 4.68 Å². The van der Waals surface area contributed by atoms with Crippen molar-refractivity contribution in [3.63, 3.8) is 0 Å². The summed E-state index contributed by atoms with van der Waals surface area (Å²) in [5, 5.41) is 18.9. The summed E-state index contributed by atoms with van der Waals surface area (Å²) >= 11 is 0. The quantitative estimate of drug-likeness (QED) is 0.725. The molecule has 0 aliphatic rings. The molecule has 0 bridgehead atoms. The Morgan fingerprint density at radius 1 is 1.50 bits per heavy atom. The zero-order valence-electron chi connectivity index (χ0n) is 8.80. The fourth-order valence-electron chi connectivity index (χ4n) is 1.31. The number of carbonyl (C=O) groups is 1. The summed E-state index contributed by atoms with van der Waals surface area (Å²) in [5.74, 6) is -0.0444. The summed E-state index contributed by atoms with van der Waals surface area (Å²) in [6, 6.07) is 0. The van der Waals surface area contributed by atoms with Gasteiger partial charge in [0, 0.05) is 7.05 Å². The molecule has 2 N–H and O–H groups in total. The van der Waals surface area contributed by atoms with Crippen LogP contribution in [0.4, 0.5) is 5.82 Å². The molecule has 0 spiro atoms. The van der Waals surface area contributed by atoms with Gasteiger partial charge in [0.1, 0.15) is 12.4 Å². The normalized spacial score (nSPS) is 10.6. The van der Waals surface area contributed by atoms with E-state index < -0.39 is 5.97 Å². The molecular formula is C8H10N6O2. The Kier molecular flexibility index (Phi) is 2.39. The highest BCUT2D eigenvalue weighted by atomic mass is 16.4. The maximum absolute atomic E-state index is 10.5. The molecule has 2 aromatic heterocycles. The smallest absolute Gasteiger partial charge is 0.322 e. The number of fused-ring (bicyclic) bond motifs is 1. The van der Waals surface area contributed by atoms with E-state index in [1.807, 2.05) is 0 Å². The third kappa shape index (κ3) is 1.76. The molecular weight excluding hydrogens is 212 g/mol. The first-order valence-corrected chi connectivity index (χ1v) is 4.57. The van der Waals surface area contributed by atoms with Crippen molar-refractivity contribution in [1.29, 1.82) is 0 Å². The first-order valence-electron chi connectivity index (χ1n) is 4.57.